The van der Waals surface area contributed by atoms with Crippen LogP contribution in [0.4, 0.5) is 15.8 Å². The number of para-hydroxylation sites is 1. The Hall–Kier alpha value is -3.75. The fourth-order valence-electron chi connectivity index (χ4n) is 2.63. The standard InChI is InChI=1S/C19H17FN4O4/c1-12-4-3-5-13(2)18(12)21-19(25)15-8-9-23(22-15)11-28-17-10-14(20)6-7-16(17)24(26)27/h3-10H,11H2,1-2H3,(H,21,25). The molecule has 0 atom stereocenters. The summed E-state index contributed by atoms with van der Waals surface area (Å²) in [6.07, 6.45) is 1.49. The van der Waals surface area contributed by atoms with E-state index in [0.717, 1.165) is 29.3 Å². The molecule has 0 saturated carbocycles. The minimum absolute atomic E-state index is 0.153. The largest absolute Gasteiger partial charge is 0.464 e. The molecule has 0 unspecified atom stereocenters. The van der Waals surface area contributed by atoms with Crippen LogP contribution >= 0.6 is 0 Å². The zero-order valence-corrected chi connectivity index (χ0v) is 15.2. The Bertz CT molecular complexity index is 1030. The summed E-state index contributed by atoms with van der Waals surface area (Å²) in [5, 5.41) is 17.9. The van der Waals surface area contributed by atoms with Crippen molar-refractivity contribution in [3.63, 3.8) is 0 Å². The van der Waals surface area contributed by atoms with E-state index >= 15 is 0 Å². The average molecular weight is 384 g/mol. The van der Waals surface area contributed by atoms with Gasteiger partial charge in [0.25, 0.3) is 5.91 Å². The van der Waals surface area contributed by atoms with Crippen molar-refractivity contribution in [2.24, 2.45) is 0 Å². The number of nitrogens with one attached hydrogen (secondary N) is 1. The molecule has 28 heavy (non-hydrogen) atoms. The van der Waals surface area contributed by atoms with Gasteiger partial charge in [-0.25, -0.2) is 9.07 Å². The number of benzene rings is 2. The lowest BCUT2D eigenvalue weighted by atomic mass is 10.1. The van der Waals surface area contributed by atoms with Gasteiger partial charge in [0.15, 0.2) is 12.4 Å². The van der Waals surface area contributed by atoms with Crippen LogP contribution in [0, 0.1) is 29.8 Å². The molecule has 3 aromatic rings. The van der Waals surface area contributed by atoms with E-state index in [2.05, 4.69) is 10.4 Å². The van der Waals surface area contributed by atoms with Gasteiger partial charge in [-0.15, -0.1) is 0 Å². The Balaban J connectivity index is 1.70. The van der Waals surface area contributed by atoms with Crippen molar-refractivity contribution < 1.29 is 18.8 Å². The van der Waals surface area contributed by atoms with Gasteiger partial charge in [0.2, 0.25) is 5.75 Å². The summed E-state index contributed by atoms with van der Waals surface area (Å²) in [6.45, 7) is 3.56. The number of rotatable bonds is 6. The number of halogens is 1. The van der Waals surface area contributed by atoms with Gasteiger partial charge in [-0.05, 0) is 37.1 Å². The Labute approximate surface area is 159 Å². The Kier molecular flexibility index (Phi) is 5.35. The van der Waals surface area contributed by atoms with Crippen LogP contribution in [0.25, 0.3) is 0 Å². The number of carbonyl (C=O) groups is 1. The number of hydrogen-bond donors (Lipinski definition) is 1. The molecule has 1 heterocycles. The molecule has 0 fully saturated rings. The first kappa shape index (κ1) is 19.0. The van der Waals surface area contributed by atoms with E-state index in [9.17, 15) is 19.3 Å². The maximum atomic E-state index is 13.3. The monoisotopic (exact) mass is 384 g/mol. The average Bonchev–Trinajstić information content (AvgIpc) is 3.12. The van der Waals surface area contributed by atoms with E-state index in [1.54, 1.807) is 0 Å². The number of anilines is 1. The summed E-state index contributed by atoms with van der Waals surface area (Å²) in [5.41, 5.74) is 2.36. The molecule has 0 radical (unpaired) electrons. The van der Waals surface area contributed by atoms with Crippen LogP contribution in [-0.4, -0.2) is 20.6 Å². The van der Waals surface area contributed by atoms with Gasteiger partial charge < -0.3 is 10.1 Å². The smallest absolute Gasteiger partial charge is 0.311 e. The molecule has 144 valence electrons. The number of amides is 1. The van der Waals surface area contributed by atoms with Crippen LogP contribution in [0.15, 0.2) is 48.7 Å². The van der Waals surface area contributed by atoms with Crippen LogP contribution in [0.3, 0.4) is 0 Å². The van der Waals surface area contributed by atoms with Crippen molar-refractivity contribution >= 4 is 17.3 Å². The number of nitro benzene ring substituents is 1. The summed E-state index contributed by atoms with van der Waals surface area (Å²) in [6, 6.07) is 10.1. The first-order chi connectivity index (χ1) is 13.3. The zero-order chi connectivity index (χ0) is 20.3. The molecular weight excluding hydrogens is 367 g/mol. The first-order valence-electron chi connectivity index (χ1n) is 8.33. The van der Waals surface area contributed by atoms with Gasteiger partial charge in [-0.2, -0.15) is 5.10 Å². The second-order valence-corrected chi connectivity index (χ2v) is 6.10. The molecule has 0 saturated heterocycles. The molecule has 0 aliphatic rings. The minimum atomic E-state index is -0.665. The summed E-state index contributed by atoms with van der Waals surface area (Å²) in [5.74, 6) is -1.27. The van der Waals surface area contributed by atoms with Gasteiger partial charge >= 0.3 is 5.69 Å². The van der Waals surface area contributed by atoms with Crippen molar-refractivity contribution in [1.29, 1.82) is 0 Å². The van der Waals surface area contributed by atoms with E-state index in [0.29, 0.717) is 5.69 Å². The first-order valence-corrected chi connectivity index (χ1v) is 8.33. The number of aryl methyl sites for hydroxylation is 2. The predicted molar refractivity (Wildman–Crippen MR) is 99.8 cm³/mol. The lowest BCUT2D eigenvalue weighted by Gasteiger charge is -2.10. The molecule has 1 aromatic heterocycles. The maximum Gasteiger partial charge on any atom is 0.311 e. The van der Waals surface area contributed by atoms with E-state index in [1.165, 1.54) is 16.9 Å². The number of hydrogen-bond acceptors (Lipinski definition) is 5. The summed E-state index contributed by atoms with van der Waals surface area (Å²) in [7, 11) is 0. The molecule has 1 amide bonds. The molecule has 3 rings (SSSR count). The number of ether oxygens (including phenoxy) is 1. The van der Waals surface area contributed by atoms with Crippen LogP contribution in [0.5, 0.6) is 5.75 Å². The van der Waals surface area contributed by atoms with Crippen molar-refractivity contribution in [1.82, 2.24) is 9.78 Å². The van der Waals surface area contributed by atoms with Crippen LogP contribution < -0.4 is 10.1 Å². The van der Waals surface area contributed by atoms with Crippen molar-refractivity contribution in [3.05, 3.63) is 81.4 Å². The van der Waals surface area contributed by atoms with Gasteiger partial charge in [0.05, 0.1) is 4.92 Å². The topological polar surface area (TPSA) is 99.3 Å². The van der Waals surface area contributed by atoms with Gasteiger partial charge in [0.1, 0.15) is 5.82 Å². The van der Waals surface area contributed by atoms with Crippen LogP contribution in [0.2, 0.25) is 0 Å². The third-order valence-electron chi connectivity index (χ3n) is 4.06. The predicted octanol–water partition coefficient (Wildman–Crippen LogP) is 3.84. The maximum absolute atomic E-state index is 13.3. The molecule has 2 aromatic carbocycles. The fraction of sp³-hybridized carbons (Fsp3) is 0.158. The van der Waals surface area contributed by atoms with Gasteiger partial charge in [-0.3, -0.25) is 14.9 Å². The van der Waals surface area contributed by atoms with E-state index < -0.39 is 16.6 Å². The Morgan fingerprint density at radius 3 is 2.64 bits per heavy atom. The highest BCUT2D eigenvalue weighted by Gasteiger charge is 2.17. The second-order valence-electron chi connectivity index (χ2n) is 6.10. The Morgan fingerprint density at radius 2 is 1.96 bits per heavy atom. The SMILES string of the molecule is Cc1cccc(C)c1NC(=O)c1ccn(COc2cc(F)ccc2[N+](=O)[O-])n1. The lowest BCUT2D eigenvalue weighted by Crippen LogP contribution is -2.15. The number of aromatic nitrogens is 2. The highest BCUT2D eigenvalue weighted by molar-refractivity contribution is 6.03. The quantitative estimate of drug-likeness (QED) is 0.514. The molecule has 9 heteroatoms. The van der Waals surface area contributed by atoms with Gasteiger partial charge in [0, 0.05) is 24.0 Å². The molecule has 0 aliphatic heterocycles. The van der Waals surface area contributed by atoms with Crippen LogP contribution in [0.1, 0.15) is 21.6 Å². The molecular formula is C19H17FN4O4. The zero-order valence-electron chi connectivity index (χ0n) is 15.2. The van der Waals surface area contributed by atoms with Gasteiger partial charge in [-0.1, -0.05) is 18.2 Å². The number of nitrogens with zero attached hydrogens (tertiary/aromatic N) is 3. The summed E-state index contributed by atoms with van der Waals surface area (Å²) >= 11 is 0. The van der Waals surface area contributed by atoms with Crippen molar-refractivity contribution in [2.75, 3.05) is 5.32 Å². The lowest BCUT2D eigenvalue weighted by molar-refractivity contribution is -0.386. The number of carbonyl (C=O) groups excluding carboxylic acids is 1. The molecule has 8 nitrogen and oxygen atoms in total. The second kappa shape index (κ2) is 7.87. The normalized spacial score (nSPS) is 10.5. The molecule has 0 bridgehead atoms. The Morgan fingerprint density at radius 1 is 1.25 bits per heavy atom. The fourth-order valence-corrected chi connectivity index (χ4v) is 2.63. The van der Waals surface area contributed by atoms with Crippen molar-refractivity contribution in [3.8, 4) is 5.75 Å². The third-order valence-corrected chi connectivity index (χ3v) is 4.06. The highest BCUT2D eigenvalue weighted by atomic mass is 19.1. The van der Waals surface area contributed by atoms with E-state index in [-0.39, 0.29) is 23.9 Å². The van der Waals surface area contributed by atoms with Crippen molar-refractivity contribution in [2.45, 2.75) is 20.6 Å². The number of nitro groups is 1. The molecule has 0 spiro atoms. The van der Waals surface area contributed by atoms with E-state index in [1.807, 2.05) is 32.0 Å². The third kappa shape index (κ3) is 4.14. The van der Waals surface area contributed by atoms with E-state index in [4.69, 9.17) is 4.74 Å². The minimum Gasteiger partial charge on any atom is -0.464 e. The summed E-state index contributed by atoms with van der Waals surface area (Å²) in [4.78, 5) is 22.8. The molecule has 0 aliphatic carbocycles. The highest BCUT2D eigenvalue weighted by Crippen LogP contribution is 2.27. The van der Waals surface area contributed by atoms with Crippen LogP contribution in [-0.2, 0) is 6.73 Å². The molecule has 1 N–H and O–H groups in total. The summed E-state index contributed by atoms with van der Waals surface area (Å²) < 4.78 is 19.9.